The molecule has 0 aliphatic heterocycles. The number of nitrogen functional groups attached to an aromatic ring is 1. The van der Waals surface area contributed by atoms with Gasteiger partial charge in [-0.1, -0.05) is 4.52 Å². The summed E-state index contributed by atoms with van der Waals surface area (Å²) in [4.78, 5) is 0. The topological polar surface area (TPSA) is 55.1 Å². The van der Waals surface area contributed by atoms with Crippen molar-refractivity contribution in [2.75, 3.05) is 12.8 Å². The van der Waals surface area contributed by atoms with Crippen LogP contribution in [0.25, 0.3) is 5.52 Å². The summed E-state index contributed by atoms with van der Waals surface area (Å²) in [6.45, 7) is 4.10. The van der Waals surface area contributed by atoms with Crippen LogP contribution in [0.2, 0.25) is 0 Å². The van der Waals surface area contributed by atoms with E-state index in [-0.39, 0.29) is 0 Å². The Morgan fingerprint density at radius 2 is 2.07 bits per heavy atom. The van der Waals surface area contributed by atoms with Crippen molar-refractivity contribution >= 4 is 11.2 Å². The van der Waals surface area contributed by atoms with Gasteiger partial charge in [-0.3, -0.25) is 0 Å². The van der Waals surface area contributed by atoms with E-state index in [2.05, 4.69) is 12.0 Å². The van der Waals surface area contributed by atoms with E-state index in [4.69, 9.17) is 10.5 Å². The Bertz CT molecular complexity index is 488. The monoisotopic (exact) mass is 192 g/mol. The summed E-state index contributed by atoms with van der Waals surface area (Å²) in [6, 6.07) is 4.03. The van der Waals surface area contributed by atoms with E-state index in [1.807, 2.05) is 23.6 Å². The molecule has 4 nitrogen and oxygen atoms in total. The highest BCUT2D eigenvalue weighted by Crippen LogP contribution is 2.21. The third-order valence-corrected chi connectivity index (χ3v) is 2.58. The number of fused-ring (bicyclic) bond motifs is 1. The molecular formula is C10H14N3O+. The first-order valence-corrected chi connectivity index (χ1v) is 4.48. The lowest BCUT2D eigenvalue weighted by atomic mass is 10.2. The van der Waals surface area contributed by atoms with Gasteiger partial charge in [0.25, 0.3) is 11.4 Å². The number of nitrogens with two attached hydrogens (primary N) is 1. The molecule has 14 heavy (non-hydrogen) atoms. The van der Waals surface area contributed by atoms with Crippen molar-refractivity contribution in [2.45, 2.75) is 13.8 Å². The molecule has 4 heteroatoms. The Morgan fingerprint density at radius 1 is 1.36 bits per heavy atom. The fourth-order valence-electron chi connectivity index (χ4n) is 1.54. The van der Waals surface area contributed by atoms with Crippen LogP contribution in [0, 0.1) is 13.8 Å². The Kier molecular flexibility index (Phi) is 1.84. The Hall–Kier alpha value is -1.71. The number of hydrogen-bond donors (Lipinski definition) is 2. The Labute approximate surface area is 82.3 Å². The quantitative estimate of drug-likeness (QED) is 0.661. The van der Waals surface area contributed by atoms with Gasteiger partial charge in [-0.2, -0.15) is 0 Å². The second-order valence-electron chi connectivity index (χ2n) is 3.38. The molecule has 0 spiro atoms. The number of anilines is 1. The number of nitrogens with one attached hydrogen (secondary N) is 1. The number of aromatic nitrogens is 2. The second-order valence-corrected chi connectivity index (χ2v) is 3.38. The van der Waals surface area contributed by atoms with Gasteiger partial charge in [0.05, 0.1) is 7.11 Å². The molecule has 0 bridgehead atoms. The van der Waals surface area contributed by atoms with Crippen molar-refractivity contribution in [3.05, 3.63) is 23.4 Å². The molecule has 2 aromatic rings. The van der Waals surface area contributed by atoms with Gasteiger partial charge >= 0.3 is 0 Å². The summed E-state index contributed by atoms with van der Waals surface area (Å²) in [7, 11) is 1.60. The number of ether oxygens (including phenoxy) is 1. The number of nitrogens with zero attached hydrogens (tertiary/aromatic N) is 1. The van der Waals surface area contributed by atoms with E-state index in [1.54, 1.807) is 7.11 Å². The lowest BCUT2D eigenvalue weighted by Gasteiger charge is -1.91. The van der Waals surface area contributed by atoms with Crippen LogP contribution in [-0.4, -0.2) is 12.2 Å². The molecule has 0 fully saturated rings. The van der Waals surface area contributed by atoms with Gasteiger partial charge < -0.3 is 10.5 Å². The number of aryl methyl sites for hydroxylation is 2. The fraction of sp³-hybridized carbons (Fsp3) is 0.300. The van der Waals surface area contributed by atoms with E-state index >= 15 is 0 Å². The maximum atomic E-state index is 5.89. The molecule has 0 aromatic carbocycles. The zero-order valence-electron chi connectivity index (χ0n) is 8.59. The molecule has 0 radical (unpaired) electrons. The minimum atomic E-state index is 0.610. The molecule has 74 valence electrons. The minimum absolute atomic E-state index is 0.610. The first-order chi connectivity index (χ1) is 6.65. The molecule has 0 aliphatic rings. The van der Waals surface area contributed by atoms with Gasteiger partial charge in [-0.25, -0.2) is 0 Å². The third kappa shape index (κ3) is 1.04. The predicted octanol–water partition coefficient (Wildman–Crippen LogP) is 0.961. The predicted molar refractivity (Wildman–Crippen MR) is 54.4 cm³/mol. The largest absolute Gasteiger partial charge is 0.477 e. The van der Waals surface area contributed by atoms with E-state index in [0.717, 1.165) is 11.2 Å². The molecule has 0 saturated heterocycles. The molecular weight excluding hydrogens is 178 g/mol. The van der Waals surface area contributed by atoms with Crippen molar-refractivity contribution in [1.82, 2.24) is 5.10 Å². The maximum Gasteiger partial charge on any atom is 0.274 e. The molecule has 3 N–H and O–H groups in total. The van der Waals surface area contributed by atoms with Crippen LogP contribution < -0.4 is 15.0 Å². The summed E-state index contributed by atoms with van der Waals surface area (Å²) in [5.74, 6) is 0.610. The van der Waals surface area contributed by atoms with Crippen molar-refractivity contribution in [3.8, 4) is 5.88 Å². The first-order valence-electron chi connectivity index (χ1n) is 4.48. The van der Waals surface area contributed by atoms with Gasteiger partial charge in [0.2, 0.25) is 5.69 Å². The van der Waals surface area contributed by atoms with Crippen LogP contribution in [0.4, 0.5) is 5.69 Å². The average Bonchev–Trinajstić information content (AvgIpc) is 2.50. The van der Waals surface area contributed by atoms with E-state index in [0.29, 0.717) is 11.6 Å². The smallest absolute Gasteiger partial charge is 0.274 e. The fourth-order valence-corrected chi connectivity index (χ4v) is 1.54. The van der Waals surface area contributed by atoms with Crippen LogP contribution in [-0.2, 0) is 0 Å². The maximum absolute atomic E-state index is 5.89. The highest BCUT2D eigenvalue weighted by Gasteiger charge is 2.19. The summed E-state index contributed by atoms with van der Waals surface area (Å²) in [5.41, 5.74) is 9.84. The minimum Gasteiger partial charge on any atom is -0.477 e. The lowest BCUT2D eigenvalue weighted by Crippen LogP contribution is -2.28. The highest BCUT2D eigenvalue weighted by atomic mass is 16.5. The van der Waals surface area contributed by atoms with Crippen LogP contribution in [0.15, 0.2) is 12.1 Å². The zero-order chi connectivity index (χ0) is 10.3. The summed E-state index contributed by atoms with van der Waals surface area (Å²) in [6.07, 6.45) is 0. The number of aromatic amines is 1. The Morgan fingerprint density at radius 3 is 2.71 bits per heavy atom. The van der Waals surface area contributed by atoms with Crippen LogP contribution >= 0.6 is 0 Å². The molecule has 2 heterocycles. The summed E-state index contributed by atoms with van der Waals surface area (Å²) in [5, 5.41) is 3.09. The van der Waals surface area contributed by atoms with Crippen LogP contribution in [0.3, 0.4) is 0 Å². The number of pyridine rings is 1. The van der Waals surface area contributed by atoms with Crippen LogP contribution in [0.1, 0.15) is 11.3 Å². The zero-order valence-corrected chi connectivity index (χ0v) is 8.59. The second kappa shape index (κ2) is 2.90. The Balaban J connectivity index is 2.85. The highest BCUT2D eigenvalue weighted by molar-refractivity contribution is 5.70. The molecule has 2 rings (SSSR count). The normalized spacial score (nSPS) is 10.8. The summed E-state index contributed by atoms with van der Waals surface area (Å²) >= 11 is 0. The summed E-state index contributed by atoms with van der Waals surface area (Å²) < 4.78 is 7.06. The van der Waals surface area contributed by atoms with Gasteiger partial charge in [0, 0.05) is 18.6 Å². The van der Waals surface area contributed by atoms with Crippen molar-refractivity contribution < 1.29 is 9.25 Å². The number of hydrogen-bond acceptors (Lipinski definition) is 2. The third-order valence-electron chi connectivity index (χ3n) is 2.58. The average molecular weight is 192 g/mol. The van der Waals surface area contributed by atoms with Crippen molar-refractivity contribution in [1.29, 1.82) is 0 Å². The van der Waals surface area contributed by atoms with E-state index < -0.39 is 0 Å². The van der Waals surface area contributed by atoms with E-state index in [1.165, 1.54) is 5.56 Å². The molecule has 0 saturated carbocycles. The van der Waals surface area contributed by atoms with Crippen molar-refractivity contribution in [3.63, 3.8) is 0 Å². The molecule has 0 amide bonds. The van der Waals surface area contributed by atoms with Gasteiger partial charge in [0.15, 0.2) is 5.69 Å². The standard InChI is InChI=1S/C10H13N3O/c1-6-4-5-8-9(11)10(14-3)12-13(8)7(6)2/h4-5H,11H2,1-3H3/p+1. The van der Waals surface area contributed by atoms with Gasteiger partial charge in [0.1, 0.15) is 0 Å². The molecule has 0 aliphatic carbocycles. The molecule has 0 unspecified atom stereocenters. The SMILES string of the molecule is COc1[nH][n+]2c(C)c(C)ccc2c1N. The molecule has 2 aromatic heterocycles. The van der Waals surface area contributed by atoms with Gasteiger partial charge in [-0.05, 0) is 13.0 Å². The number of H-pyrrole nitrogens is 1. The number of rotatable bonds is 1. The van der Waals surface area contributed by atoms with Gasteiger partial charge in [-0.15, -0.1) is 5.10 Å². The first kappa shape index (κ1) is 8.87. The van der Waals surface area contributed by atoms with E-state index in [9.17, 15) is 0 Å². The van der Waals surface area contributed by atoms with Crippen LogP contribution in [0.5, 0.6) is 5.88 Å². The molecule has 0 atom stereocenters. The number of methoxy groups -OCH3 is 1. The van der Waals surface area contributed by atoms with Crippen molar-refractivity contribution in [2.24, 2.45) is 0 Å². The lowest BCUT2D eigenvalue weighted by molar-refractivity contribution is -0.584.